The summed E-state index contributed by atoms with van der Waals surface area (Å²) in [5.41, 5.74) is -1.68. The third-order valence-corrected chi connectivity index (χ3v) is 4.97. The van der Waals surface area contributed by atoms with Crippen LogP contribution < -0.4 is 5.32 Å². The molecular weight excluding hydrogens is 440 g/mol. The number of carbonyl (C=O) groups is 4. The zero-order valence-electron chi connectivity index (χ0n) is 16.7. The van der Waals surface area contributed by atoms with E-state index in [9.17, 15) is 44.5 Å². The first-order valence-electron chi connectivity index (χ1n) is 9.47. The Labute approximate surface area is 184 Å². The zero-order chi connectivity index (χ0) is 24.3. The lowest BCUT2D eigenvalue weighted by molar-refractivity contribution is -0.394. The normalized spacial score (nSPS) is 15.1. The summed E-state index contributed by atoms with van der Waals surface area (Å²) in [7, 11) is 0. The van der Waals surface area contributed by atoms with E-state index >= 15 is 0 Å². The Kier molecular flexibility index (Phi) is 6.42. The first kappa shape index (κ1) is 23.0. The van der Waals surface area contributed by atoms with Gasteiger partial charge in [-0.2, -0.15) is 0 Å². The zero-order valence-corrected chi connectivity index (χ0v) is 16.7. The first-order chi connectivity index (χ1) is 15.6. The van der Waals surface area contributed by atoms with E-state index in [0.29, 0.717) is 11.0 Å². The molecule has 3 amide bonds. The quantitative estimate of drug-likeness (QED) is 0.337. The van der Waals surface area contributed by atoms with Gasteiger partial charge in [0.15, 0.2) is 6.04 Å². The summed E-state index contributed by atoms with van der Waals surface area (Å²) in [5, 5.41) is 34.5. The second kappa shape index (κ2) is 9.21. The summed E-state index contributed by atoms with van der Waals surface area (Å²) < 4.78 is 0. The monoisotopic (exact) mass is 456 g/mol. The van der Waals surface area contributed by atoms with Gasteiger partial charge < -0.3 is 10.4 Å². The summed E-state index contributed by atoms with van der Waals surface area (Å²) in [6.07, 6.45) is -0.371. The maximum Gasteiger partial charge on any atom is 0.329 e. The molecule has 2 aromatic rings. The molecule has 2 atom stereocenters. The summed E-state index contributed by atoms with van der Waals surface area (Å²) in [5.74, 6) is -4.10. The Morgan fingerprint density at radius 3 is 1.91 bits per heavy atom. The third-order valence-electron chi connectivity index (χ3n) is 4.97. The molecule has 1 heterocycles. The summed E-state index contributed by atoms with van der Waals surface area (Å²) in [6, 6.07) is 6.63. The lowest BCUT2D eigenvalue weighted by Crippen LogP contribution is -2.52. The molecule has 0 bridgehead atoms. The maximum absolute atomic E-state index is 12.9. The predicted molar refractivity (Wildman–Crippen MR) is 109 cm³/mol. The number of carboxylic acids is 1. The van der Waals surface area contributed by atoms with Crippen LogP contribution in [0.4, 0.5) is 11.4 Å². The average Bonchev–Trinajstić information content (AvgIpc) is 3.11. The number of benzene rings is 2. The standard InChI is InChI=1S/C20H16N4O9/c25-15-6-7-16(26)22(15)18(20(28)29)17(11-4-2-1-3-5-11)21-19(27)12-8-13(23(30)31)10-14(9-12)24(32)33/h1-5,8-10,17-18H,6-7H2,(H,21,27)(H,28,29)/t17?,18-/m0/s1. The van der Waals surface area contributed by atoms with Crippen molar-refractivity contribution < 1.29 is 34.1 Å². The van der Waals surface area contributed by atoms with Crippen molar-refractivity contribution in [2.45, 2.75) is 24.9 Å². The van der Waals surface area contributed by atoms with Gasteiger partial charge in [-0.3, -0.25) is 39.5 Å². The fourth-order valence-electron chi connectivity index (χ4n) is 3.47. The highest BCUT2D eigenvalue weighted by Gasteiger charge is 2.44. The van der Waals surface area contributed by atoms with Crippen LogP contribution in [0.3, 0.4) is 0 Å². The topological polar surface area (TPSA) is 190 Å². The Balaban J connectivity index is 2.06. The Hall–Kier alpha value is -4.68. The molecule has 1 aliphatic rings. The number of imide groups is 1. The van der Waals surface area contributed by atoms with Gasteiger partial charge in [-0.1, -0.05) is 30.3 Å². The number of non-ortho nitro benzene ring substituents is 2. The molecule has 1 saturated heterocycles. The van der Waals surface area contributed by atoms with E-state index in [1.165, 1.54) is 12.1 Å². The molecule has 0 aliphatic carbocycles. The van der Waals surface area contributed by atoms with Gasteiger partial charge >= 0.3 is 5.97 Å². The van der Waals surface area contributed by atoms with Crippen molar-refractivity contribution in [2.75, 3.05) is 0 Å². The van der Waals surface area contributed by atoms with Crippen LogP contribution >= 0.6 is 0 Å². The minimum atomic E-state index is -1.81. The molecule has 0 radical (unpaired) electrons. The number of aliphatic carboxylic acids is 1. The third kappa shape index (κ3) is 4.81. The molecule has 33 heavy (non-hydrogen) atoms. The highest BCUT2D eigenvalue weighted by molar-refractivity contribution is 6.05. The number of nitro benzene ring substituents is 2. The highest BCUT2D eigenvalue weighted by atomic mass is 16.6. The van der Waals surface area contributed by atoms with E-state index in [0.717, 1.165) is 12.1 Å². The second-order valence-electron chi connectivity index (χ2n) is 7.05. The lowest BCUT2D eigenvalue weighted by atomic mass is 9.97. The maximum atomic E-state index is 12.9. The van der Waals surface area contributed by atoms with Crippen molar-refractivity contribution in [1.29, 1.82) is 0 Å². The SMILES string of the molecule is O=C(NC(c1ccccc1)[C@@H](C(=O)O)N1C(=O)CCC1=O)c1cc([N+](=O)[O-])cc([N+](=O)[O-])c1. The van der Waals surface area contributed by atoms with Gasteiger partial charge in [0.2, 0.25) is 11.8 Å². The summed E-state index contributed by atoms with van der Waals surface area (Å²) in [4.78, 5) is 70.5. The molecule has 13 heteroatoms. The number of carboxylic acid groups (broad SMARTS) is 1. The molecule has 170 valence electrons. The lowest BCUT2D eigenvalue weighted by Gasteiger charge is -2.31. The Morgan fingerprint density at radius 2 is 1.45 bits per heavy atom. The van der Waals surface area contributed by atoms with Crippen molar-refractivity contribution in [2.24, 2.45) is 0 Å². The van der Waals surface area contributed by atoms with Gasteiger partial charge in [-0.25, -0.2) is 4.79 Å². The number of nitrogens with zero attached hydrogens (tertiary/aromatic N) is 3. The van der Waals surface area contributed by atoms with Crippen molar-refractivity contribution in [3.05, 3.63) is 79.9 Å². The van der Waals surface area contributed by atoms with Crippen LogP contribution in [0.1, 0.15) is 34.8 Å². The van der Waals surface area contributed by atoms with Gasteiger partial charge in [-0.05, 0) is 5.56 Å². The van der Waals surface area contributed by atoms with Crippen molar-refractivity contribution in [3.63, 3.8) is 0 Å². The van der Waals surface area contributed by atoms with E-state index in [-0.39, 0.29) is 18.4 Å². The van der Waals surface area contributed by atoms with Gasteiger partial charge in [0, 0.05) is 25.0 Å². The molecule has 13 nitrogen and oxygen atoms in total. The van der Waals surface area contributed by atoms with E-state index in [1.807, 2.05) is 0 Å². The second-order valence-corrected chi connectivity index (χ2v) is 7.05. The van der Waals surface area contributed by atoms with Crippen LogP contribution in [-0.4, -0.2) is 49.6 Å². The fourth-order valence-corrected chi connectivity index (χ4v) is 3.47. The molecule has 0 saturated carbocycles. The first-order valence-corrected chi connectivity index (χ1v) is 9.47. The Bertz CT molecular complexity index is 1120. The van der Waals surface area contributed by atoms with Crippen LogP contribution in [-0.2, 0) is 14.4 Å². The molecule has 2 aromatic carbocycles. The number of hydrogen-bond acceptors (Lipinski definition) is 8. The summed E-state index contributed by atoms with van der Waals surface area (Å²) in [6.45, 7) is 0. The van der Waals surface area contributed by atoms with Crippen LogP contribution in [0.15, 0.2) is 48.5 Å². The number of hydrogen-bond donors (Lipinski definition) is 2. The average molecular weight is 456 g/mol. The van der Waals surface area contributed by atoms with Crippen LogP contribution in [0, 0.1) is 20.2 Å². The van der Waals surface area contributed by atoms with Gasteiger partial charge in [0.05, 0.1) is 27.5 Å². The van der Waals surface area contributed by atoms with Crippen molar-refractivity contribution >= 4 is 35.1 Å². The molecule has 2 N–H and O–H groups in total. The molecule has 0 aromatic heterocycles. The minimum absolute atomic E-state index is 0.185. The van der Waals surface area contributed by atoms with E-state index in [2.05, 4.69) is 5.32 Å². The highest BCUT2D eigenvalue weighted by Crippen LogP contribution is 2.28. The molecule has 1 unspecified atom stereocenters. The van der Waals surface area contributed by atoms with Gasteiger partial charge in [0.25, 0.3) is 17.3 Å². The molecule has 0 spiro atoms. The minimum Gasteiger partial charge on any atom is -0.480 e. The van der Waals surface area contributed by atoms with Crippen LogP contribution in [0.25, 0.3) is 0 Å². The van der Waals surface area contributed by atoms with Gasteiger partial charge in [0.1, 0.15) is 0 Å². The number of nitro groups is 2. The number of nitrogens with one attached hydrogen (secondary N) is 1. The Morgan fingerprint density at radius 1 is 0.939 bits per heavy atom. The van der Waals surface area contributed by atoms with Crippen LogP contribution in [0.5, 0.6) is 0 Å². The molecule has 1 aliphatic heterocycles. The van der Waals surface area contributed by atoms with Crippen LogP contribution in [0.2, 0.25) is 0 Å². The predicted octanol–water partition coefficient (Wildman–Crippen LogP) is 1.58. The fraction of sp³-hybridized carbons (Fsp3) is 0.200. The van der Waals surface area contributed by atoms with E-state index in [4.69, 9.17) is 0 Å². The smallest absolute Gasteiger partial charge is 0.329 e. The largest absolute Gasteiger partial charge is 0.480 e. The molecular formula is C20H16N4O9. The number of amides is 3. The van der Waals surface area contributed by atoms with E-state index in [1.54, 1.807) is 18.2 Å². The van der Waals surface area contributed by atoms with Gasteiger partial charge in [-0.15, -0.1) is 0 Å². The molecule has 3 rings (SSSR count). The summed E-state index contributed by atoms with van der Waals surface area (Å²) >= 11 is 0. The van der Waals surface area contributed by atoms with Crippen molar-refractivity contribution in [3.8, 4) is 0 Å². The number of likely N-dealkylation sites (tertiary alicyclic amines) is 1. The van der Waals surface area contributed by atoms with Crippen molar-refractivity contribution in [1.82, 2.24) is 10.2 Å². The molecule has 1 fully saturated rings. The number of carbonyl (C=O) groups excluding carboxylic acids is 3. The van der Waals surface area contributed by atoms with E-state index < -0.39 is 62.6 Å². The number of rotatable bonds is 8.